The SMILES string of the molecule is COCCNC(=NCc1ccc(C(=O)OC)cc1)NCCc1ccco1.I. The van der Waals surface area contributed by atoms with Crippen LogP contribution in [0.5, 0.6) is 0 Å². The number of ether oxygens (including phenoxy) is 2. The van der Waals surface area contributed by atoms with Crippen molar-refractivity contribution in [2.75, 3.05) is 33.9 Å². The number of methoxy groups -OCH3 is 2. The van der Waals surface area contributed by atoms with Gasteiger partial charge in [-0.05, 0) is 29.8 Å². The van der Waals surface area contributed by atoms with Crippen LogP contribution in [0.3, 0.4) is 0 Å². The van der Waals surface area contributed by atoms with Crippen LogP contribution >= 0.6 is 24.0 Å². The Morgan fingerprint density at radius 1 is 1.11 bits per heavy atom. The Balaban J connectivity index is 0.00000364. The minimum absolute atomic E-state index is 0. The molecule has 2 aromatic rings. The van der Waals surface area contributed by atoms with E-state index in [4.69, 9.17) is 13.9 Å². The minimum Gasteiger partial charge on any atom is -0.469 e. The molecule has 2 rings (SSSR count). The van der Waals surface area contributed by atoms with E-state index >= 15 is 0 Å². The van der Waals surface area contributed by atoms with E-state index in [1.54, 1.807) is 25.5 Å². The first kappa shape index (κ1) is 23.0. The maximum atomic E-state index is 11.5. The second kappa shape index (κ2) is 13.2. The fraction of sp³-hybridized carbons (Fsp3) is 0.368. The number of guanidine groups is 1. The quantitative estimate of drug-likeness (QED) is 0.186. The summed E-state index contributed by atoms with van der Waals surface area (Å²) in [7, 11) is 3.03. The lowest BCUT2D eigenvalue weighted by Crippen LogP contribution is -2.40. The summed E-state index contributed by atoms with van der Waals surface area (Å²) in [5, 5.41) is 6.49. The van der Waals surface area contributed by atoms with Gasteiger partial charge in [-0.25, -0.2) is 9.79 Å². The number of halogens is 1. The first-order chi connectivity index (χ1) is 12.7. The number of hydrogen-bond acceptors (Lipinski definition) is 5. The molecule has 1 aromatic heterocycles. The van der Waals surface area contributed by atoms with Gasteiger partial charge in [0.25, 0.3) is 0 Å². The Hall–Kier alpha value is -2.07. The van der Waals surface area contributed by atoms with Crippen molar-refractivity contribution in [3.05, 3.63) is 59.5 Å². The molecule has 1 aromatic carbocycles. The smallest absolute Gasteiger partial charge is 0.337 e. The van der Waals surface area contributed by atoms with Crippen LogP contribution in [0.1, 0.15) is 21.7 Å². The highest BCUT2D eigenvalue weighted by atomic mass is 127. The van der Waals surface area contributed by atoms with Crippen LogP contribution in [0.15, 0.2) is 52.1 Å². The average molecular weight is 487 g/mol. The molecular formula is C19H26IN3O4. The number of nitrogens with one attached hydrogen (secondary N) is 2. The second-order valence-electron chi connectivity index (χ2n) is 5.53. The number of carbonyl (C=O) groups excluding carboxylic acids is 1. The molecule has 0 amide bonds. The van der Waals surface area contributed by atoms with Crippen molar-refractivity contribution >= 4 is 35.9 Å². The van der Waals surface area contributed by atoms with Crippen molar-refractivity contribution in [1.82, 2.24) is 10.6 Å². The molecule has 0 bridgehead atoms. The summed E-state index contributed by atoms with van der Waals surface area (Å²) < 4.78 is 15.1. The summed E-state index contributed by atoms with van der Waals surface area (Å²) in [4.78, 5) is 16.0. The number of nitrogens with zero attached hydrogens (tertiary/aromatic N) is 1. The second-order valence-corrected chi connectivity index (χ2v) is 5.53. The van der Waals surface area contributed by atoms with E-state index in [-0.39, 0.29) is 29.9 Å². The predicted molar refractivity (Wildman–Crippen MR) is 115 cm³/mol. The van der Waals surface area contributed by atoms with Crippen molar-refractivity contribution < 1.29 is 18.7 Å². The molecule has 0 saturated carbocycles. The molecule has 0 aliphatic carbocycles. The zero-order valence-electron chi connectivity index (χ0n) is 15.6. The molecule has 0 atom stereocenters. The number of hydrogen-bond donors (Lipinski definition) is 2. The summed E-state index contributed by atoms with van der Waals surface area (Å²) in [5.74, 6) is 1.28. The molecular weight excluding hydrogens is 461 g/mol. The van der Waals surface area contributed by atoms with Crippen LogP contribution in [0, 0.1) is 0 Å². The molecule has 1 heterocycles. The molecule has 0 spiro atoms. The third-order valence-corrected chi connectivity index (χ3v) is 3.64. The van der Waals surface area contributed by atoms with E-state index in [1.807, 2.05) is 24.3 Å². The fourth-order valence-electron chi connectivity index (χ4n) is 2.24. The first-order valence-corrected chi connectivity index (χ1v) is 8.43. The molecule has 0 saturated heterocycles. The Labute approximate surface area is 176 Å². The van der Waals surface area contributed by atoms with Crippen LogP contribution in [0.25, 0.3) is 0 Å². The Morgan fingerprint density at radius 3 is 2.48 bits per heavy atom. The lowest BCUT2D eigenvalue weighted by molar-refractivity contribution is 0.0600. The number of rotatable bonds is 9. The van der Waals surface area contributed by atoms with Gasteiger partial charge >= 0.3 is 5.97 Å². The number of aliphatic imine (C=N–C) groups is 1. The minimum atomic E-state index is -0.346. The third-order valence-electron chi connectivity index (χ3n) is 3.64. The molecule has 7 nitrogen and oxygen atoms in total. The van der Waals surface area contributed by atoms with Crippen LogP contribution in [-0.2, 0) is 22.4 Å². The monoisotopic (exact) mass is 487 g/mol. The summed E-state index contributed by atoms with van der Waals surface area (Å²) >= 11 is 0. The van der Waals surface area contributed by atoms with Crippen LogP contribution < -0.4 is 10.6 Å². The van der Waals surface area contributed by atoms with E-state index < -0.39 is 0 Å². The predicted octanol–water partition coefficient (Wildman–Crippen LogP) is 2.61. The van der Waals surface area contributed by atoms with Gasteiger partial charge in [0.1, 0.15) is 5.76 Å². The molecule has 0 fully saturated rings. The van der Waals surface area contributed by atoms with E-state index in [0.29, 0.717) is 37.8 Å². The molecule has 8 heteroatoms. The lowest BCUT2D eigenvalue weighted by Gasteiger charge is -2.12. The Bertz CT molecular complexity index is 687. The number of benzene rings is 1. The number of carbonyl (C=O) groups is 1. The van der Waals surface area contributed by atoms with Crippen LogP contribution in [0.2, 0.25) is 0 Å². The van der Waals surface area contributed by atoms with Gasteiger partial charge in [0.05, 0.1) is 32.1 Å². The van der Waals surface area contributed by atoms with E-state index in [9.17, 15) is 4.79 Å². The molecule has 2 N–H and O–H groups in total. The highest BCUT2D eigenvalue weighted by Crippen LogP contribution is 2.07. The standard InChI is InChI=1S/C19H25N3O4.HI/c1-24-13-11-21-19(20-10-9-17-4-3-12-26-17)22-14-15-5-7-16(8-6-15)18(23)25-2;/h3-8,12H,9-11,13-14H2,1-2H3,(H2,20,21,22);1H. The zero-order valence-corrected chi connectivity index (χ0v) is 17.9. The Morgan fingerprint density at radius 2 is 1.85 bits per heavy atom. The third kappa shape index (κ3) is 8.44. The lowest BCUT2D eigenvalue weighted by atomic mass is 10.1. The highest BCUT2D eigenvalue weighted by Gasteiger charge is 2.05. The van der Waals surface area contributed by atoms with Gasteiger partial charge in [0.2, 0.25) is 0 Å². The van der Waals surface area contributed by atoms with Gasteiger partial charge in [-0.1, -0.05) is 12.1 Å². The largest absolute Gasteiger partial charge is 0.469 e. The molecule has 27 heavy (non-hydrogen) atoms. The zero-order chi connectivity index (χ0) is 18.6. The van der Waals surface area contributed by atoms with Gasteiger partial charge in [0.15, 0.2) is 5.96 Å². The van der Waals surface area contributed by atoms with Gasteiger partial charge in [-0.15, -0.1) is 24.0 Å². The van der Waals surface area contributed by atoms with Gasteiger partial charge in [-0.2, -0.15) is 0 Å². The first-order valence-electron chi connectivity index (χ1n) is 8.43. The van der Waals surface area contributed by atoms with Crippen molar-refractivity contribution in [2.24, 2.45) is 4.99 Å². The normalized spacial score (nSPS) is 10.8. The van der Waals surface area contributed by atoms with Crippen molar-refractivity contribution in [1.29, 1.82) is 0 Å². The summed E-state index contributed by atoms with van der Waals surface area (Å²) in [6, 6.07) is 11.0. The molecule has 148 valence electrons. The topological polar surface area (TPSA) is 85.1 Å². The number of esters is 1. The average Bonchev–Trinajstić information content (AvgIpc) is 3.19. The fourth-order valence-corrected chi connectivity index (χ4v) is 2.24. The van der Waals surface area contributed by atoms with Crippen molar-refractivity contribution in [3.63, 3.8) is 0 Å². The summed E-state index contributed by atoms with van der Waals surface area (Å²) in [6.07, 6.45) is 2.44. The maximum absolute atomic E-state index is 11.5. The highest BCUT2D eigenvalue weighted by molar-refractivity contribution is 14.0. The van der Waals surface area contributed by atoms with Crippen molar-refractivity contribution in [3.8, 4) is 0 Å². The summed E-state index contributed by atoms with van der Waals surface area (Å²) in [5.41, 5.74) is 1.52. The number of furan rings is 1. The van der Waals surface area contributed by atoms with Crippen LogP contribution in [0.4, 0.5) is 0 Å². The van der Waals surface area contributed by atoms with Gasteiger partial charge < -0.3 is 24.5 Å². The van der Waals surface area contributed by atoms with E-state index in [2.05, 4.69) is 15.6 Å². The van der Waals surface area contributed by atoms with E-state index in [0.717, 1.165) is 17.7 Å². The van der Waals surface area contributed by atoms with Gasteiger partial charge in [-0.3, -0.25) is 0 Å². The van der Waals surface area contributed by atoms with Crippen molar-refractivity contribution in [2.45, 2.75) is 13.0 Å². The summed E-state index contributed by atoms with van der Waals surface area (Å²) in [6.45, 7) is 2.44. The molecule has 0 radical (unpaired) electrons. The van der Waals surface area contributed by atoms with Crippen LogP contribution in [-0.4, -0.2) is 45.8 Å². The van der Waals surface area contributed by atoms with E-state index in [1.165, 1.54) is 7.11 Å². The molecule has 0 aliphatic heterocycles. The Kier molecular flexibility index (Phi) is 11.2. The van der Waals surface area contributed by atoms with Gasteiger partial charge in [0, 0.05) is 26.6 Å². The maximum Gasteiger partial charge on any atom is 0.337 e. The molecule has 0 aliphatic rings. The molecule has 0 unspecified atom stereocenters.